The fourth-order valence-electron chi connectivity index (χ4n) is 4.53. The topological polar surface area (TPSA) is 97.0 Å². The van der Waals surface area contributed by atoms with E-state index in [-0.39, 0.29) is 23.7 Å². The molecular weight excluding hydrogens is 458 g/mol. The Bertz CT molecular complexity index is 1500. The molecular formula is C29H23NO6. The smallest absolute Gasteiger partial charge is 0.309 e. The average molecular weight is 482 g/mol. The number of Topliss-reactive ketones (excluding diaryl/α,β-unsaturated/α-hetero) is 1. The molecule has 4 aromatic rings. The highest BCUT2D eigenvalue weighted by molar-refractivity contribution is 6.20. The largest absolute Gasteiger partial charge is 0.503 e. The van der Waals surface area contributed by atoms with Gasteiger partial charge in [0.15, 0.2) is 11.5 Å². The van der Waals surface area contributed by atoms with Gasteiger partial charge in [0.25, 0.3) is 5.91 Å². The van der Waals surface area contributed by atoms with Gasteiger partial charge in [-0.25, -0.2) is 0 Å². The number of rotatable bonds is 6. The van der Waals surface area contributed by atoms with E-state index in [9.17, 15) is 19.5 Å². The highest BCUT2D eigenvalue weighted by Gasteiger charge is 2.45. The SMILES string of the molecule is COC(=O)Cc1ccc(N2C(=O)C(O)=C(C(=O)c3cc4ccccc4o3)C2c2ccccc2C)cc1. The molecule has 7 heteroatoms. The average Bonchev–Trinajstić information content (AvgIpc) is 3.43. The normalized spacial score (nSPS) is 15.6. The molecule has 1 aliphatic heterocycles. The molecule has 2 heterocycles. The molecule has 1 N–H and O–H groups in total. The van der Waals surface area contributed by atoms with Crippen LogP contribution in [0.15, 0.2) is 94.6 Å². The lowest BCUT2D eigenvalue weighted by Crippen LogP contribution is -2.31. The van der Waals surface area contributed by atoms with Gasteiger partial charge >= 0.3 is 5.97 Å². The first-order valence-corrected chi connectivity index (χ1v) is 11.4. The zero-order valence-corrected chi connectivity index (χ0v) is 19.7. The number of nitrogens with zero attached hydrogens (tertiary/aromatic N) is 1. The van der Waals surface area contributed by atoms with Gasteiger partial charge in [-0.3, -0.25) is 19.3 Å². The minimum atomic E-state index is -0.870. The van der Waals surface area contributed by atoms with E-state index in [0.717, 1.165) is 10.9 Å². The van der Waals surface area contributed by atoms with Gasteiger partial charge in [0.1, 0.15) is 5.58 Å². The number of hydrogen-bond donors (Lipinski definition) is 1. The quantitative estimate of drug-likeness (QED) is 0.299. The van der Waals surface area contributed by atoms with E-state index in [1.807, 2.05) is 43.3 Å². The van der Waals surface area contributed by atoms with Crippen molar-refractivity contribution in [3.63, 3.8) is 0 Å². The molecule has 1 unspecified atom stereocenters. The van der Waals surface area contributed by atoms with Crippen LogP contribution in [0.3, 0.4) is 0 Å². The summed E-state index contributed by atoms with van der Waals surface area (Å²) in [5.41, 5.74) is 3.23. The molecule has 0 saturated carbocycles. The van der Waals surface area contributed by atoms with Crippen LogP contribution >= 0.6 is 0 Å². The van der Waals surface area contributed by atoms with Gasteiger partial charge in [-0.05, 0) is 47.9 Å². The van der Waals surface area contributed by atoms with Gasteiger partial charge in [0.05, 0.1) is 25.1 Å². The molecule has 0 spiro atoms. The number of ketones is 1. The Labute approximate surface area is 207 Å². The van der Waals surface area contributed by atoms with Crippen molar-refractivity contribution in [3.8, 4) is 0 Å². The summed E-state index contributed by atoms with van der Waals surface area (Å²) in [7, 11) is 1.32. The molecule has 180 valence electrons. The molecule has 1 amide bonds. The zero-order chi connectivity index (χ0) is 25.4. The van der Waals surface area contributed by atoms with Gasteiger partial charge in [0.2, 0.25) is 5.78 Å². The van der Waals surface area contributed by atoms with E-state index in [0.29, 0.717) is 22.4 Å². The van der Waals surface area contributed by atoms with Gasteiger partial charge in [-0.1, -0.05) is 54.6 Å². The van der Waals surface area contributed by atoms with Crippen molar-refractivity contribution < 1.29 is 28.6 Å². The third-order valence-corrected chi connectivity index (χ3v) is 6.38. The third-order valence-electron chi connectivity index (χ3n) is 6.38. The van der Waals surface area contributed by atoms with Crippen LogP contribution in [-0.4, -0.2) is 29.9 Å². The van der Waals surface area contributed by atoms with Crippen molar-refractivity contribution in [1.82, 2.24) is 0 Å². The Kier molecular flexibility index (Phi) is 5.90. The van der Waals surface area contributed by atoms with Gasteiger partial charge < -0.3 is 14.3 Å². The number of aryl methyl sites for hydroxylation is 1. The first-order chi connectivity index (χ1) is 17.4. The standard InChI is InChI=1S/C29H23NO6/c1-17-7-3-5-9-21(17)26-25(27(32)23-16-19-8-4-6-10-22(19)36-23)28(33)29(34)30(26)20-13-11-18(12-14-20)15-24(31)35-2/h3-14,16,26,33H,15H2,1-2H3. The number of anilines is 1. The minimum Gasteiger partial charge on any atom is -0.503 e. The summed E-state index contributed by atoms with van der Waals surface area (Å²) < 4.78 is 10.5. The first-order valence-electron chi connectivity index (χ1n) is 11.4. The minimum absolute atomic E-state index is 0.0411. The number of carbonyl (C=O) groups is 3. The van der Waals surface area contributed by atoms with E-state index in [1.54, 1.807) is 42.5 Å². The molecule has 5 rings (SSSR count). The summed E-state index contributed by atoms with van der Waals surface area (Å²) in [6.45, 7) is 1.89. The Morgan fingerprint density at radius 1 is 1.00 bits per heavy atom. The van der Waals surface area contributed by atoms with Crippen LogP contribution in [0.1, 0.15) is 33.3 Å². The molecule has 3 aromatic carbocycles. The number of amides is 1. The lowest BCUT2D eigenvalue weighted by atomic mass is 9.92. The van der Waals surface area contributed by atoms with Crippen LogP contribution in [-0.2, 0) is 20.7 Å². The zero-order valence-electron chi connectivity index (χ0n) is 19.7. The lowest BCUT2D eigenvalue weighted by Gasteiger charge is -2.28. The monoisotopic (exact) mass is 481 g/mol. The molecule has 0 bridgehead atoms. The molecule has 0 radical (unpaired) electrons. The second-order valence-electron chi connectivity index (χ2n) is 8.59. The molecule has 1 aromatic heterocycles. The molecule has 0 aliphatic carbocycles. The number of methoxy groups -OCH3 is 1. The summed E-state index contributed by atoms with van der Waals surface area (Å²) in [6, 6.07) is 22.2. The maximum atomic E-state index is 13.7. The molecule has 1 aliphatic rings. The predicted molar refractivity (Wildman–Crippen MR) is 134 cm³/mol. The van der Waals surface area contributed by atoms with Crippen LogP contribution in [0.4, 0.5) is 5.69 Å². The molecule has 0 saturated heterocycles. The number of para-hydroxylation sites is 1. The van der Waals surface area contributed by atoms with Crippen molar-refractivity contribution in [3.05, 3.63) is 113 Å². The first kappa shape index (κ1) is 23.1. The summed E-state index contributed by atoms with van der Waals surface area (Å²) in [5.74, 6) is -2.21. The van der Waals surface area contributed by atoms with E-state index < -0.39 is 23.5 Å². The third kappa shape index (κ3) is 3.94. The van der Waals surface area contributed by atoms with E-state index in [4.69, 9.17) is 9.15 Å². The Morgan fingerprint density at radius 2 is 1.69 bits per heavy atom. The van der Waals surface area contributed by atoms with Crippen molar-refractivity contribution in [2.24, 2.45) is 0 Å². The molecule has 36 heavy (non-hydrogen) atoms. The maximum Gasteiger partial charge on any atom is 0.309 e. The number of aliphatic hydroxyl groups is 1. The number of aliphatic hydroxyl groups excluding tert-OH is 1. The number of carbonyl (C=O) groups excluding carboxylic acids is 3. The summed E-state index contributed by atoms with van der Waals surface area (Å²) in [6.07, 6.45) is 0.0885. The van der Waals surface area contributed by atoms with Gasteiger partial charge in [-0.2, -0.15) is 0 Å². The number of benzene rings is 3. The molecule has 1 atom stereocenters. The van der Waals surface area contributed by atoms with Crippen molar-refractivity contribution in [2.45, 2.75) is 19.4 Å². The highest BCUT2D eigenvalue weighted by atomic mass is 16.5. The number of fused-ring (bicyclic) bond motifs is 1. The number of furan rings is 1. The number of hydrogen-bond acceptors (Lipinski definition) is 6. The van der Waals surface area contributed by atoms with Crippen molar-refractivity contribution in [2.75, 3.05) is 12.0 Å². The van der Waals surface area contributed by atoms with Crippen LogP contribution in [0.25, 0.3) is 11.0 Å². The molecule has 0 fully saturated rings. The van der Waals surface area contributed by atoms with E-state index in [2.05, 4.69) is 0 Å². The van der Waals surface area contributed by atoms with Crippen LogP contribution in [0.5, 0.6) is 0 Å². The number of esters is 1. The predicted octanol–water partition coefficient (Wildman–Crippen LogP) is 5.24. The second-order valence-corrected chi connectivity index (χ2v) is 8.59. The Hall–Kier alpha value is -4.65. The summed E-state index contributed by atoms with van der Waals surface area (Å²) in [5, 5.41) is 11.7. The van der Waals surface area contributed by atoms with E-state index in [1.165, 1.54) is 12.0 Å². The van der Waals surface area contributed by atoms with Gasteiger partial charge in [0, 0.05) is 11.1 Å². The summed E-state index contributed by atoms with van der Waals surface area (Å²) >= 11 is 0. The lowest BCUT2D eigenvalue weighted by molar-refractivity contribution is -0.139. The highest BCUT2D eigenvalue weighted by Crippen LogP contribution is 2.43. The number of ether oxygens (including phenoxy) is 1. The van der Waals surface area contributed by atoms with Gasteiger partial charge in [-0.15, -0.1) is 0 Å². The van der Waals surface area contributed by atoms with Crippen LogP contribution < -0.4 is 4.90 Å². The molecule has 7 nitrogen and oxygen atoms in total. The summed E-state index contributed by atoms with van der Waals surface area (Å²) in [4.78, 5) is 40.1. The van der Waals surface area contributed by atoms with Crippen molar-refractivity contribution in [1.29, 1.82) is 0 Å². The fourth-order valence-corrected chi connectivity index (χ4v) is 4.53. The Morgan fingerprint density at radius 3 is 2.39 bits per heavy atom. The Balaban J connectivity index is 1.60. The fraction of sp³-hybridized carbons (Fsp3) is 0.138. The maximum absolute atomic E-state index is 13.7. The van der Waals surface area contributed by atoms with Crippen LogP contribution in [0, 0.1) is 6.92 Å². The second kappa shape index (κ2) is 9.19. The van der Waals surface area contributed by atoms with E-state index >= 15 is 0 Å². The van der Waals surface area contributed by atoms with Crippen LogP contribution in [0.2, 0.25) is 0 Å². The van der Waals surface area contributed by atoms with Crippen molar-refractivity contribution >= 4 is 34.3 Å².